The van der Waals surface area contributed by atoms with Crippen LogP contribution in [0.2, 0.25) is 15.1 Å². The molecule has 230 valence electrons. The molecule has 3 N–H and O–H groups in total. The lowest BCUT2D eigenvalue weighted by Gasteiger charge is -2.42. The SMILES string of the molecule is CC(=O)N(Cc1cc(Cl)c(Cl)c(Cl)c1)C(=O)C(Cc1c[nH]c2ccccc12)NC(=O)CN1CCNCC1C1CCCCC1. The second-order valence-corrected chi connectivity index (χ2v) is 12.8. The average Bonchev–Trinajstić information content (AvgIpc) is 3.41. The predicted molar refractivity (Wildman–Crippen MR) is 171 cm³/mol. The van der Waals surface area contributed by atoms with Gasteiger partial charge in [-0.2, -0.15) is 0 Å². The first kappa shape index (κ1) is 31.8. The van der Waals surface area contributed by atoms with Gasteiger partial charge in [-0.1, -0.05) is 72.3 Å². The molecule has 3 amide bonds. The van der Waals surface area contributed by atoms with Crippen molar-refractivity contribution in [2.45, 2.75) is 64.1 Å². The fourth-order valence-corrected chi connectivity index (χ4v) is 7.15. The van der Waals surface area contributed by atoms with E-state index in [1.54, 1.807) is 12.1 Å². The molecule has 0 spiro atoms. The zero-order chi connectivity index (χ0) is 30.5. The molecular weight excluding hydrogens is 609 g/mol. The lowest BCUT2D eigenvalue weighted by atomic mass is 9.82. The Morgan fingerprint density at radius 2 is 1.79 bits per heavy atom. The van der Waals surface area contributed by atoms with Crippen LogP contribution in [-0.2, 0) is 27.3 Å². The van der Waals surface area contributed by atoms with Gasteiger partial charge in [0.2, 0.25) is 11.8 Å². The number of hydrogen-bond acceptors (Lipinski definition) is 5. The molecule has 0 radical (unpaired) electrons. The van der Waals surface area contributed by atoms with Crippen LogP contribution < -0.4 is 10.6 Å². The van der Waals surface area contributed by atoms with Crippen LogP contribution in [0.15, 0.2) is 42.6 Å². The lowest BCUT2D eigenvalue weighted by Crippen LogP contribution is -2.58. The number of piperazine rings is 1. The molecule has 2 unspecified atom stereocenters. The number of carbonyl (C=O) groups excluding carboxylic acids is 3. The van der Waals surface area contributed by atoms with E-state index in [0.717, 1.165) is 41.0 Å². The molecule has 1 aliphatic carbocycles. The molecule has 11 heteroatoms. The van der Waals surface area contributed by atoms with Gasteiger partial charge in [0.15, 0.2) is 0 Å². The number of aromatic amines is 1. The van der Waals surface area contributed by atoms with Gasteiger partial charge in [-0.25, -0.2) is 0 Å². The molecule has 1 aromatic heterocycles. The van der Waals surface area contributed by atoms with E-state index in [1.165, 1.54) is 39.0 Å². The standard InChI is InChI=1S/C32H38Cl3N5O3/c1-20(41)40(18-21-13-25(33)31(35)26(34)14-21)32(43)28(15-23-16-37-27-10-6-5-9-24(23)27)38-30(42)19-39-12-11-36-17-29(39)22-7-3-2-4-8-22/h5-6,9-10,13-14,16,22,28-29,36-37H,2-4,7-8,11-12,15,17-19H2,1H3,(H,38,42). The minimum absolute atomic E-state index is 0.0629. The number of hydrogen-bond donors (Lipinski definition) is 3. The Labute approximate surface area is 267 Å². The quantitative estimate of drug-likeness (QED) is 0.264. The number of carbonyl (C=O) groups is 3. The smallest absolute Gasteiger partial charge is 0.252 e. The minimum Gasteiger partial charge on any atom is -0.361 e. The first-order valence-electron chi connectivity index (χ1n) is 15.0. The van der Waals surface area contributed by atoms with Gasteiger partial charge in [-0.15, -0.1) is 0 Å². The maximum absolute atomic E-state index is 14.1. The van der Waals surface area contributed by atoms with Crippen LogP contribution in [0.5, 0.6) is 0 Å². The third-order valence-corrected chi connectivity index (χ3v) is 9.90. The van der Waals surface area contributed by atoms with Crippen molar-refractivity contribution in [2.24, 2.45) is 5.92 Å². The van der Waals surface area contributed by atoms with Crippen molar-refractivity contribution < 1.29 is 14.4 Å². The molecule has 3 aromatic rings. The van der Waals surface area contributed by atoms with E-state index in [0.29, 0.717) is 11.5 Å². The van der Waals surface area contributed by atoms with Gasteiger partial charge >= 0.3 is 0 Å². The summed E-state index contributed by atoms with van der Waals surface area (Å²) in [5, 5.41) is 8.13. The maximum Gasteiger partial charge on any atom is 0.252 e. The highest BCUT2D eigenvalue weighted by Gasteiger charge is 2.34. The molecule has 0 bridgehead atoms. The van der Waals surface area contributed by atoms with Crippen LogP contribution in [0.25, 0.3) is 10.9 Å². The number of H-pyrrole nitrogens is 1. The molecule has 2 fully saturated rings. The highest BCUT2D eigenvalue weighted by molar-refractivity contribution is 6.48. The molecule has 5 rings (SSSR count). The maximum atomic E-state index is 14.1. The van der Waals surface area contributed by atoms with Crippen LogP contribution in [0.3, 0.4) is 0 Å². The van der Waals surface area contributed by atoms with Gasteiger partial charge in [0, 0.05) is 56.1 Å². The number of fused-ring (bicyclic) bond motifs is 1. The zero-order valence-electron chi connectivity index (χ0n) is 24.3. The monoisotopic (exact) mass is 645 g/mol. The van der Waals surface area contributed by atoms with Crippen LogP contribution >= 0.6 is 34.8 Å². The number of halogens is 3. The van der Waals surface area contributed by atoms with Crippen LogP contribution in [0, 0.1) is 5.92 Å². The van der Waals surface area contributed by atoms with E-state index in [1.807, 2.05) is 30.5 Å². The van der Waals surface area contributed by atoms with Crippen LogP contribution in [-0.4, -0.2) is 70.8 Å². The molecule has 1 saturated carbocycles. The first-order valence-corrected chi connectivity index (χ1v) is 16.1. The predicted octanol–water partition coefficient (Wildman–Crippen LogP) is 5.58. The van der Waals surface area contributed by atoms with Crippen LogP contribution in [0.4, 0.5) is 0 Å². The van der Waals surface area contributed by atoms with Crippen molar-refractivity contribution in [3.63, 3.8) is 0 Å². The van der Waals surface area contributed by atoms with Crippen molar-refractivity contribution >= 4 is 63.4 Å². The average molecular weight is 647 g/mol. The Morgan fingerprint density at radius 1 is 1.07 bits per heavy atom. The summed E-state index contributed by atoms with van der Waals surface area (Å²) in [6, 6.07) is 10.3. The zero-order valence-corrected chi connectivity index (χ0v) is 26.6. The van der Waals surface area contributed by atoms with Crippen molar-refractivity contribution in [1.29, 1.82) is 0 Å². The summed E-state index contributed by atoms with van der Waals surface area (Å²) in [7, 11) is 0. The summed E-state index contributed by atoms with van der Waals surface area (Å²) in [5.41, 5.74) is 2.36. The largest absolute Gasteiger partial charge is 0.361 e. The Balaban J connectivity index is 1.38. The number of rotatable bonds is 9. The fraction of sp³-hybridized carbons (Fsp3) is 0.469. The van der Waals surface area contributed by atoms with Gasteiger partial charge in [-0.3, -0.25) is 24.2 Å². The molecule has 2 atom stereocenters. The topological polar surface area (TPSA) is 97.5 Å². The third-order valence-electron chi connectivity index (χ3n) is 8.70. The molecule has 2 aromatic carbocycles. The Morgan fingerprint density at radius 3 is 2.51 bits per heavy atom. The Kier molecular flexibility index (Phi) is 10.7. The molecule has 2 aliphatic rings. The fourth-order valence-electron chi connectivity index (χ4n) is 6.51. The van der Waals surface area contributed by atoms with Crippen LogP contribution in [0.1, 0.15) is 50.2 Å². The summed E-state index contributed by atoms with van der Waals surface area (Å²) in [5.74, 6) is -0.631. The van der Waals surface area contributed by atoms with E-state index in [-0.39, 0.29) is 46.5 Å². The van der Waals surface area contributed by atoms with Gasteiger partial charge in [0.05, 0.1) is 28.2 Å². The number of aromatic nitrogens is 1. The molecule has 43 heavy (non-hydrogen) atoms. The molecule has 1 saturated heterocycles. The van der Waals surface area contributed by atoms with Gasteiger partial charge in [0.25, 0.3) is 5.91 Å². The van der Waals surface area contributed by atoms with E-state index in [9.17, 15) is 14.4 Å². The summed E-state index contributed by atoms with van der Waals surface area (Å²) in [6.07, 6.45) is 8.16. The number of benzene rings is 2. The van der Waals surface area contributed by atoms with Crippen molar-refractivity contribution in [1.82, 2.24) is 25.4 Å². The van der Waals surface area contributed by atoms with E-state index >= 15 is 0 Å². The van der Waals surface area contributed by atoms with E-state index in [2.05, 4.69) is 20.5 Å². The summed E-state index contributed by atoms with van der Waals surface area (Å²) in [6.45, 7) is 3.92. The molecule has 1 aliphatic heterocycles. The highest BCUT2D eigenvalue weighted by atomic mass is 35.5. The number of nitrogens with zero attached hydrogens (tertiary/aromatic N) is 2. The van der Waals surface area contributed by atoms with E-state index in [4.69, 9.17) is 34.8 Å². The van der Waals surface area contributed by atoms with Gasteiger partial charge in [-0.05, 0) is 48.1 Å². The number of nitrogens with one attached hydrogen (secondary N) is 3. The summed E-state index contributed by atoms with van der Waals surface area (Å²) < 4.78 is 0. The molecule has 8 nitrogen and oxygen atoms in total. The molecule has 2 heterocycles. The Bertz CT molecular complexity index is 1450. The summed E-state index contributed by atoms with van der Waals surface area (Å²) >= 11 is 18.6. The second-order valence-electron chi connectivity index (χ2n) is 11.6. The molecular formula is C32H38Cl3N5O3. The van der Waals surface area contributed by atoms with Crippen molar-refractivity contribution in [3.05, 3.63) is 68.8 Å². The van der Waals surface area contributed by atoms with Crippen molar-refractivity contribution in [2.75, 3.05) is 26.2 Å². The normalized spacial score (nSPS) is 18.8. The van der Waals surface area contributed by atoms with Crippen molar-refractivity contribution in [3.8, 4) is 0 Å². The van der Waals surface area contributed by atoms with E-state index < -0.39 is 17.9 Å². The number of amides is 3. The Hall–Kier alpha value is -2.62. The third kappa shape index (κ3) is 7.73. The van der Waals surface area contributed by atoms with Gasteiger partial charge in [0.1, 0.15) is 6.04 Å². The number of para-hydroxylation sites is 1. The number of imide groups is 1. The second kappa shape index (κ2) is 14.4. The first-order chi connectivity index (χ1) is 20.7. The summed E-state index contributed by atoms with van der Waals surface area (Å²) in [4.78, 5) is 47.2. The highest BCUT2D eigenvalue weighted by Crippen LogP contribution is 2.32. The lowest BCUT2D eigenvalue weighted by molar-refractivity contribution is -0.147. The minimum atomic E-state index is -0.968. The van der Waals surface area contributed by atoms with Gasteiger partial charge < -0.3 is 15.6 Å².